The molecular weight excluding hydrogens is 444 g/mol. The molecule has 8 nitrogen and oxygen atoms in total. The lowest BCUT2D eigenvalue weighted by molar-refractivity contribution is 0.354. The van der Waals surface area contributed by atoms with Crippen LogP contribution in [0.25, 0.3) is 32.9 Å². The molecule has 0 aliphatic rings. The van der Waals surface area contributed by atoms with Gasteiger partial charge in [0.15, 0.2) is 11.5 Å². The quantitative estimate of drug-likeness (QED) is 0.363. The SMILES string of the molecule is COc1ccc(-c2cccc3c(N)c4c(O)n(Cc5ccc(OC)c(OC)c5)cc4nc23)c(C)n1. The summed E-state index contributed by atoms with van der Waals surface area (Å²) in [4.78, 5) is 9.42. The molecule has 0 amide bonds. The van der Waals surface area contributed by atoms with Crippen molar-refractivity contribution in [1.29, 1.82) is 0 Å². The Kier molecular flexibility index (Phi) is 5.56. The second-order valence-corrected chi connectivity index (χ2v) is 8.24. The van der Waals surface area contributed by atoms with E-state index in [-0.39, 0.29) is 5.88 Å². The molecule has 0 bridgehead atoms. The van der Waals surface area contributed by atoms with Crippen LogP contribution in [0.15, 0.2) is 54.7 Å². The van der Waals surface area contributed by atoms with Gasteiger partial charge in [-0.05, 0) is 30.7 Å². The molecule has 5 aromatic rings. The number of pyridine rings is 2. The van der Waals surface area contributed by atoms with E-state index in [0.29, 0.717) is 40.5 Å². The van der Waals surface area contributed by atoms with Gasteiger partial charge in [-0.3, -0.25) is 0 Å². The lowest BCUT2D eigenvalue weighted by Gasteiger charge is -2.12. The molecule has 2 aromatic carbocycles. The summed E-state index contributed by atoms with van der Waals surface area (Å²) < 4.78 is 17.7. The van der Waals surface area contributed by atoms with Crippen LogP contribution in [0.4, 0.5) is 5.69 Å². The van der Waals surface area contributed by atoms with Crippen LogP contribution >= 0.6 is 0 Å². The van der Waals surface area contributed by atoms with Crippen LogP contribution in [0.2, 0.25) is 0 Å². The predicted octanol–water partition coefficient (Wildman–Crippen LogP) is 4.92. The van der Waals surface area contributed by atoms with Crippen LogP contribution in [0.3, 0.4) is 0 Å². The van der Waals surface area contributed by atoms with Crippen LogP contribution in [0, 0.1) is 6.92 Å². The van der Waals surface area contributed by atoms with Gasteiger partial charge < -0.3 is 29.6 Å². The Morgan fingerprint density at radius 2 is 1.71 bits per heavy atom. The number of para-hydroxylation sites is 1. The van der Waals surface area contributed by atoms with E-state index in [0.717, 1.165) is 33.3 Å². The molecule has 0 aliphatic heterocycles. The zero-order chi connectivity index (χ0) is 24.7. The van der Waals surface area contributed by atoms with Crippen LogP contribution in [0.5, 0.6) is 23.3 Å². The number of aromatic nitrogens is 3. The fourth-order valence-corrected chi connectivity index (χ4v) is 4.46. The first kappa shape index (κ1) is 22.3. The Morgan fingerprint density at radius 1 is 0.914 bits per heavy atom. The lowest BCUT2D eigenvalue weighted by Crippen LogP contribution is -1.99. The highest BCUT2D eigenvalue weighted by atomic mass is 16.5. The number of aromatic hydroxyl groups is 1. The summed E-state index contributed by atoms with van der Waals surface area (Å²) in [5.74, 6) is 1.89. The Bertz CT molecular complexity index is 1580. The number of nitrogen functional groups attached to an aromatic ring is 1. The predicted molar refractivity (Wildman–Crippen MR) is 136 cm³/mol. The molecule has 3 heterocycles. The number of anilines is 1. The molecule has 0 saturated carbocycles. The number of nitrogens with two attached hydrogens (primary N) is 1. The standard InChI is InChI=1S/C27H26N4O4/c1-15-17(9-11-23(29-15)35-4)18-6-5-7-19-25(28)24-20(30-26(18)19)14-31(27(24)32)13-16-8-10-21(33-2)22(12-16)34-3/h5-12,14,32H,13,28H2,1-4H3. The summed E-state index contributed by atoms with van der Waals surface area (Å²) in [5.41, 5.74) is 12.0. The van der Waals surface area contributed by atoms with Gasteiger partial charge in [-0.15, -0.1) is 0 Å². The molecule has 0 atom stereocenters. The Hall–Kier alpha value is -4.46. The Morgan fingerprint density at radius 3 is 2.43 bits per heavy atom. The van der Waals surface area contributed by atoms with Crippen molar-refractivity contribution < 1.29 is 19.3 Å². The monoisotopic (exact) mass is 470 g/mol. The van der Waals surface area contributed by atoms with E-state index in [9.17, 15) is 5.11 Å². The largest absolute Gasteiger partial charge is 0.494 e. The number of ether oxygens (including phenoxy) is 3. The summed E-state index contributed by atoms with van der Waals surface area (Å²) >= 11 is 0. The highest BCUT2D eigenvalue weighted by Crippen LogP contribution is 2.40. The van der Waals surface area contributed by atoms with Crippen LogP contribution in [-0.2, 0) is 6.54 Å². The minimum absolute atomic E-state index is 0.0642. The highest BCUT2D eigenvalue weighted by Gasteiger charge is 2.19. The number of fused-ring (bicyclic) bond motifs is 2. The second-order valence-electron chi connectivity index (χ2n) is 8.24. The van der Waals surface area contributed by atoms with Gasteiger partial charge >= 0.3 is 0 Å². The first-order chi connectivity index (χ1) is 16.9. The van der Waals surface area contributed by atoms with Crippen molar-refractivity contribution in [3.05, 3.63) is 66.0 Å². The van der Waals surface area contributed by atoms with Crippen LogP contribution in [0.1, 0.15) is 11.3 Å². The zero-order valence-electron chi connectivity index (χ0n) is 20.0. The number of aryl methyl sites for hydroxylation is 1. The van der Waals surface area contributed by atoms with Gasteiger partial charge in [-0.1, -0.05) is 24.3 Å². The summed E-state index contributed by atoms with van der Waals surface area (Å²) in [6.45, 7) is 2.34. The van der Waals surface area contributed by atoms with Crippen molar-refractivity contribution in [3.63, 3.8) is 0 Å². The number of rotatable bonds is 6. The molecular formula is C27H26N4O4. The van der Waals surface area contributed by atoms with E-state index in [1.54, 1.807) is 25.9 Å². The molecule has 5 rings (SSSR count). The molecule has 0 spiro atoms. The average Bonchev–Trinajstić information content (AvgIpc) is 3.18. The van der Waals surface area contributed by atoms with Crippen molar-refractivity contribution in [2.75, 3.05) is 27.1 Å². The smallest absolute Gasteiger partial charge is 0.213 e. The minimum Gasteiger partial charge on any atom is -0.494 e. The van der Waals surface area contributed by atoms with Crippen molar-refractivity contribution in [2.45, 2.75) is 13.5 Å². The van der Waals surface area contributed by atoms with Crippen LogP contribution < -0.4 is 19.9 Å². The van der Waals surface area contributed by atoms with E-state index in [1.165, 1.54) is 0 Å². The molecule has 178 valence electrons. The van der Waals surface area contributed by atoms with Gasteiger partial charge in [0, 0.05) is 34.5 Å². The zero-order valence-corrected chi connectivity index (χ0v) is 20.0. The third kappa shape index (κ3) is 3.73. The molecule has 0 unspecified atom stereocenters. The van der Waals surface area contributed by atoms with E-state index in [2.05, 4.69) is 4.98 Å². The summed E-state index contributed by atoms with van der Waals surface area (Å²) in [7, 11) is 4.78. The van der Waals surface area contributed by atoms with E-state index >= 15 is 0 Å². The number of nitrogens with zero attached hydrogens (tertiary/aromatic N) is 3. The third-order valence-corrected chi connectivity index (χ3v) is 6.22. The first-order valence-corrected chi connectivity index (χ1v) is 11.1. The van der Waals surface area contributed by atoms with Crippen molar-refractivity contribution in [2.24, 2.45) is 0 Å². The maximum atomic E-state index is 11.1. The molecule has 0 fully saturated rings. The molecule has 0 aliphatic carbocycles. The van der Waals surface area contributed by atoms with Gasteiger partial charge in [0.25, 0.3) is 0 Å². The fourth-order valence-electron chi connectivity index (χ4n) is 4.46. The molecule has 3 N–H and O–H groups in total. The number of benzene rings is 2. The van der Waals surface area contributed by atoms with Crippen molar-refractivity contribution in [3.8, 4) is 34.4 Å². The first-order valence-electron chi connectivity index (χ1n) is 11.1. The third-order valence-electron chi connectivity index (χ3n) is 6.22. The van der Waals surface area contributed by atoms with Crippen LogP contribution in [-0.4, -0.2) is 41.0 Å². The maximum absolute atomic E-state index is 11.1. The normalized spacial score (nSPS) is 11.2. The molecule has 0 saturated heterocycles. The van der Waals surface area contributed by atoms with Gasteiger partial charge in [0.2, 0.25) is 11.8 Å². The summed E-state index contributed by atoms with van der Waals surface area (Å²) in [6.07, 6.45) is 1.81. The second kappa shape index (κ2) is 8.72. The van der Waals surface area contributed by atoms with E-state index in [1.807, 2.05) is 61.7 Å². The Balaban J connectivity index is 1.65. The summed E-state index contributed by atoms with van der Waals surface area (Å²) in [5, 5.41) is 12.4. The fraction of sp³-hybridized carbons (Fsp3) is 0.185. The van der Waals surface area contributed by atoms with Crippen molar-refractivity contribution in [1.82, 2.24) is 14.5 Å². The van der Waals surface area contributed by atoms with Gasteiger partial charge in [0.05, 0.1) is 50.0 Å². The molecule has 3 aromatic heterocycles. The highest BCUT2D eigenvalue weighted by molar-refractivity contribution is 6.12. The minimum atomic E-state index is 0.0642. The number of methoxy groups -OCH3 is 3. The lowest BCUT2D eigenvalue weighted by atomic mass is 9.99. The topological polar surface area (TPSA) is 105 Å². The average molecular weight is 471 g/mol. The van der Waals surface area contributed by atoms with Gasteiger partial charge in [-0.2, -0.15) is 0 Å². The molecule has 0 radical (unpaired) electrons. The molecule has 8 heteroatoms. The van der Waals surface area contributed by atoms with E-state index in [4.69, 9.17) is 24.9 Å². The number of hydrogen-bond donors (Lipinski definition) is 2. The van der Waals surface area contributed by atoms with Gasteiger partial charge in [0.1, 0.15) is 0 Å². The molecule has 35 heavy (non-hydrogen) atoms. The summed E-state index contributed by atoms with van der Waals surface area (Å²) in [6, 6.07) is 15.3. The van der Waals surface area contributed by atoms with Crippen molar-refractivity contribution >= 4 is 27.5 Å². The van der Waals surface area contributed by atoms with Gasteiger partial charge in [-0.25, -0.2) is 9.97 Å². The maximum Gasteiger partial charge on any atom is 0.213 e. The number of hydrogen-bond acceptors (Lipinski definition) is 7. The van der Waals surface area contributed by atoms with E-state index < -0.39 is 0 Å². The Labute approximate surface area is 202 Å².